The van der Waals surface area contributed by atoms with Crippen LogP contribution in [0.1, 0.15) is 19.8 Å². The molecule has 1 heterocycles. The molecule has 0 spiro atoms. The summed E-state index contributed by atoms with van der Waals surface area (Å²) < 4.78 is 5.12. The number of aliphatic hydroxyl groups excluding tert-OH is 1. The molecule has 1 fully saturated rings. The Balaban J connectivity index is 2.32. The van der Waals surface area contributed by atoms with E-state index in [4.69, 9.17) is 10.5 Å². The number of aliphatic hydroxyl groups is 1. The second kappa shape index (κ2) is 3.52. The molecule has 11 heavy (non-hydrogen) atoms. The van der Waals surface area contributed by atoms with Crippen molar-refractivity contribution in [2.24, 2.45) is 11.1 Å². The Bertz CT molecular complexity index is 118. The van der Waals surface area contributed by atoms with Gasteiger partial charge in [-0.3, -0.25) is 0 Å². The number of ether oxygens (including phenoxy) is 1. The molecule has 1 aliphatic heterocycles. The molecule has 0 aromatic heterocycles. The van der Waals surface area contributed by atoms with Gasteiger partial charge >= 0.3 is 0 Å². The van der Waals surface area contributed by atoms with Gasteiger partial charge in [0, 0.05) is 12.0 Å². The summed E-state index contributed by atoms with van der Waals surface area (Å²) in [6.07, 6.45) is 1.52. The molecular formula is C8H17NO2. The van der Waals surface area contributed by atoms with Crippen LogP contribution in [0.3, 0.4) is 0 Å². The standard InChI is InChI=1S/C8H17NO2/c1-2-8(5-11-6-8)3-7(10)4-9/h7,10H,2-6,9H2,1H3. The maximum absolute atomic E-state index is 9.31. The van der Waals surface area contributed by atoms with Gasteiger partial charge in [0.05, 0.1) is 19.3 Å². The van der Waals surface area contributed by atoms with Crippen LogP contribution in [0.25, 0.3) is 0 Å². The maximum atomic E-state index is 9.31. The van der Waals surface area contributed by atoms with Crippen molar-refractivity contribution in [3.8, 4) is 0 Å². The van der Waals surface area contributed by atoms with E-state index in [2.05, 4.69) is 6.92 Å². The molecule has 0 bridgehead atoms. The average Bonchev–Trinajstić information content (AvgIpc) is 1.96. The summed E-state index contributed by atoms with van der Waals surface area (Å²) >= 11 is 0. The topological polar surface area (TPSA) is 55.5 Å². The van der Waals surface area contributed by atoms with Crippen molar-refractivity contribution in [3.63, 3.8) is 0 Å². The highest BCUT2D eigenvalue weighted by molar-refractivity contribution is 4.86. The predicted octanol–water partition coefficient (Wildman–Crippen LogP) is 0.123. The van der Waals surface area contributed by atoms with E-state index in [-0.39, 0.29) is 11.5 Å². The highest BCUT2D eigenvalue weighted by Crippen LogP contribution is 2.35. The van der Waals surface area contributed by atoms with E-state index in [0.29, 0.717) is 6.54 Å². The quantitative estimate of drug-likeness (QED) is 0.612. The van der Waals surface area contributed by atoms with Gasteiger partial charge in [-0.1, -0.05) is 6.92 Å². The second-order valence-corrected chi connectivity index (χ2v) is 3.44. The first-order valence-electron chi connectivity index (χ1n) is 4.18. The van der Waals surface area contributed by atoms with Crippen LogP contribution in [0, 0.1) is 5.41 Å². The SMILES string of the molecule is CCC1(CC(O)CN)COC1. The molecule has 0 aromatic rings. The molecule has 0 aliphatic carbocycles. The zero-order valence-corrected chi connectivity index (χ0v) is 7.05. The van der Waals surface area contributed by atoms with E-state index < -0.39 is 0 Å². The summed E-state index contributed by atoms with van der Waals surface area (Å²) in [6.45, 7) is 4.08. The Morgan fingerprint density at radius 1 is 1.64 bits per heavy atom. The Labute approximate surface area is 67.5 Å². The lowest BCUT2D eigenvalue weighted by atomic mass is 9.78. The van der Waals surface area contributed by atoms with Crippen LogP contribution in [0.4, 0.5) is 0 Å². The minimum absolute atomic E-state index is 0.235. The third kappa shape index (κ3) is 1.92. The molecule has 3 nitrogen and oxygen atoms in total. The minimum atomic E-state index is -0.348. The van der Waals surface area contributed by atoms with E-state index in [9.17, 15) is 5.11 Å². The van der Waals surface area contributed by atoms with Crippen molar-refractivity contribution in [1.82, 2.24) is 0 Å². The molecule has 1 rings (SSSR count). The summed E-state index contributed by atoms with van der Waals surface area (Å²) in [5, 5.41) is 9.31. The molecule has 0 radical (unpaired) electrons. The highest BCUT2D eigenvalue weighted by atomic mass is 16.5. The first kappa shape index (κ1) is 8.97. The van der Waals surface area contributed by atoms with Gasteiger partial charge in [-0.05, 0) is 12.8 Å². The lowest BCUT2D eigenvalue weighted by molar-refractivity contribution is -0.133. The van der Waals surface area contributed by atoms with Gasteiger partial charge < -0.3 is 15.6 Å². The van der Waals surface area contributed by atoms with E-state index >= 15 is 0 Å². The second-order valence-electron chi connectivity index (χ2n) is 3.44. The smallest absolute Gasteiger partial charge is 0.0669 e. The molecule has 3 N–H and O–H groups in total. The Kier molecular flexibility index (Phi) is 2.87. The van der Waals surface area contributed by atoms with Gasteiger partial charge in [-0.2, -0.15) is 0 Å². The fourth-order valence-electron chi connectivity index (χ4n) is 1.44. The monoisotopic (exact) mass is 159 g/mol. The Morgan fingerprint density at radius 2 is 2.27 bits per heavy atom. The van der Waals surface area contributed by atoms with Crippen molar-refractivity contribution in [2.75, 3.05) is 19.8 Å². The van der Waals surface area contributed by atoms with Crippen molar-refractivity contribution >= 4 is 0 Å². The van der Waals surface area contributed by atoms with Crippen molar-refractivity contribution < 1.29 is 9.84 Å². The molecule has 1 unspecified atom stereocenters. The van der Waals surface area contributed by atoms with Crippen LogP contribution in [0.5, 0.6) is 0 Å². The average molecular weight is 159 g/mol. The third-order valence-electron chi connectivity index (χ3n) is 2.51. The molecule has 0 aromatic carbocycles. The van der Waals surface area contributed by atoms with E-state index in [1.54, 1.807) is 0 Å². The molecule has 0 amide bonds. The molecule has 1 atom stereocenters. The summed E-state index contributed by atoms with van der Waals surface area (Å²) in [5.74, 6) is 0. The molecule has 1 aliphatic rings. The van der Waals surface area contributed by atoms with Gasteiger partial charge in [0.2, 0.25) is 0 Å². The fraction of sp³-hybridized carbons (Fsp3) is 1.00. The maximum Gasteiger partial charge on any atom is 0.0669 e. The van der Waals surface area contributed by atoms with Crippen molar-refractivity contribution in [2.45, 2.75) is 25.9 Å². The van der Waals surface area contributed by atoms with Crippen LogP contribution in [0.2, 0.25) is 0 Å². The molecule has 66 valence electrons. The number of hydrogen-bond acceptors (Lipinski definition) is 3. The largest absolute Gasteiger partial charge is 0.392 e. The van der Waals surface area contributed by atoms with Crippen LogP contribution in [0.15, 0.2) is 0 Å². The Morgan fingerprint density at radius 3 is 2.55 bits per heavy atom. The Hall–Kier alpha value is -0.120. The van der Waals surface area contributed by atoms with Crippen molar-refractivity contribution in [1.29, 1.82) is 0 Å². The van der Waals surface area contributed by atoms with Gasteiger partial charge in [0.1, 0.15) is 0 Å². The molecular weight excluding hydrogens is 142 g/mol. The van der Waals surface area contributed by atoms with Gasteiger partial charge in [0.15, 0.2) is 0 Å². The number of nitrogens with two attached hydrogens (primary N) is 1. The third-order valence-corrected chi connectivity index (χ3v) is 2.51. The van der Waals surface area contributed by atoms with Gasteiger partial charge in [-0.15, -0.1) is 0 Å². The lowest BCUT2D eigenvalue weighted by Gasteiger charge is -2.42. The highest BCUT2D eigenvalue weighted by Gasteiger charge is 2.37. The lowest BCUT2D eigenvalue weighted by Crippen LogP contribution is -2.45. The van der Waals surface area contributed by atoms with Crippen LogP contribution >= 0.6 is 0 Å². The van der Waals surface area contributed by atoms with E-state index in [1.165, 1.54) is 0 Å². The predicted molar refractivity (Wildman–Crippen MR) is 43.2 cm³/mol. The summed E-state index contributed by atoms with van der Waals surface area (Å²) in [5.41, 5.74) is 5.56. The first-order valence-corrected chi connectivity index (χ1v) is 4.18. The number of hydrogen-bond donors (Lipinski definition) is 2. The first-order chi connectivity index (χ1) is 5.22. The van der Waals surface area contributed by atoms with E-state index in [1.807, 2.05) is 0 Å². The molecule has 0 saturated carbocycles. The van der Waals surface area contributed by atoms with Crippen LogP contribution in [-0.4, -0.2) is 31.0 Å². The summed E-state index contributed by atoms with van der Waals surface area (Å²) in [6, 6.07) is 0. The zero-order chi connectivity index (χ0) is 8.32. The fourth-order valence-corrected chi connectivity index (χ4v) is 1.44. The van der Waals surface area contributed by atoms with Gasteiger partial charge in [-0.25, -0.2) is 0 Å². The zero-order valence-electron chi connectivity index (χ0n) is 7.05. The molecule has 3 heteroatoms. The normalized spacial score (nSPS) is 24.3. The van der Waals surface area contributed by atoms with Crippen LogP contribution < -0.4 is 5.73 Å². The summed E-state index contributed by atoms with van der Waals surface area (Å²) in [4.78, 5) is 0. The van der Waals surface area contributed by atoms with Crippen molar-refractivity contribution in [3.05, 3.63) is 0 Å². The number of rotatable bonds is 4. The summed E-state index contributed by atoms with van der Waals surface area (Å²) in [7, 11) is 0. The van der Waals surface area contributed by atoms with Crippen LogP contribution in [-0.2, 0) is 4.74 Å². The minimum Gasteiger partial charge on any atom is -0.392 e. The van der Waals surface area contributed by atoms with E-state index in [0.717, 1.165) is 26.1 Å². The van der Waals surface area contributed by atoms with Gasteiger partial charge in [0.25, 0.3) is 0 Å². The molecule has 1 saturated heterocycles.